The van der Waals surface area contributed by atoms with E-state index < -0.39 is 0 Å². The normalized spacial score (nSPS) is 11.0. The third-order valence-corrected chi connectivity index (χ3v) is 3.12. The molecule has 0 aliphatic rings. The highest BCUT2D eigenvalue weighted by molar-refractivity contribution is 6.29. The molecule has 0 N–H and O–H groups in total. The number of hydrogen-bond donors (Lipinski definition) is 0. The summed E-state index contributed by atoms with van der Waals surface area (Å²) in [4.78, 5) is 8.17. The van der Waals surface area contributed by atoms with Crippen molar-refractivity contribution < 1.29 is 0 Å². The maximum Gasteiger partial charge on any atom is 0.133 e. The standard InChI is InChI=1S/C14H11ClN3/c1-2-18-12-6-4-3-5-10(12)7-13(18)11-8-14(15)17-9-16-11/h3-6,8-9H,2H2,1H3. The molecule has 0 saturated heterocycles. The van der Waals surface area contributed by atoms with Crippen molar-refractivity contribution in [2.75, 3.05) is 0 Å². The molecule has 3 rings (SSSR count). The number of benzene rings is 1. The zero-order chi connectivity index (χ0) is 12.5. The van der Waals surface area contributed by atoms with Crippen LogP contribution in [0.15, 0.2) is 36.7 Å². The van der Waals surface area contributed by atoms with Crippen molar-refractivity contribution in [1.82, 2.24) is 14.5 Å². The summed E-state index contributed by atoms with van der Waals surface area (Å²) in [6.07, 6.45) is 1.48. The molecule has 0 spiro atoms. The van der Waals surface area contributed by atoms with E-state index in [0.29, 0.717) is 5.15 Å². The Morgan fingerprint density at radius 2 is 2.11 bits per heavy atom. The number of fused-ring (bicyclic) bond motifs is 1. The highest BCUT2D eigenvalue weighted by Crippen LogP contribution is 2.26. The monoisotopic (exact) mass is 256 g/mol. The van der Waals surface area contributed by atoms with E-state index in [2.05, 4.69) is 33.6 Å². The zero-order valence-corrected chi connectivity index (χ0v) is 10.6. The fourth-order valence-corrected chi connectivity index (χ4v) is 2.27. The van der Waals surface area contributed by atoms with Crippen LogP contribution in [0, 0.1) is 6.07 Å². The van der Waals surface area contributed by atoms with E-state index in [1.165, 1.54) is 6.33 Å². The third-order valence-electron chi connectivity index (χ3n) is 2.91. The molecule has 3 aromatic rings. The summed E-state index contributed by atoms with van der Waals surface area (Å²) in [5, 5.41) is 1.53. The number of hydrogen-bond acceptors (Lipinski definition) is 2. The second-order valence-electron chi connectivity index (χ2n) is 3.96. The van der Waals surface area contributed by atoms with Gasteiger partial charge in [0, 0.05) is 29.6 Å². The zero-order valence-electron chi connectivity index (χ0n) is 9.89. The smallest absolute Gasteiger partial charge is 0.133 e. The lowest BCUT2D eigenvalue weighted by atomic mass is 10.2. The Kier molecular flexibility index (Phi) is 2.76. The van der Waals surface area contributed by atoms with Gasteiger partial charge < -0.3 is 4.57 Å². The molecule has 0 bridgehead atoms. The maximum atomic E-state index is 5.91. The van der Waals surface area contributed by atoms with Gasteiger partial charge in [0.1, 0.15) is 11.5 Å². The number of halogens is 1. The first-order valence-corrected chi connectivity index (χ1v) is 6.16. The van der Waals surface area contributed by atoms with Crippen LogP contribution in [-0.2, 0) is 6.54 Å². The molecule has 1 radical (unpaired) electrons. The van der Waals surface area contributed by atoms with Crippen LogP contribution in [0.3, 0.4) is 0 Å². The molecule has 2 aromatic heterocycles. The lowest BCUT2D eigenvalue weighted by molar-refractivity contribution is 0.801. The first-order chi connectivity index (χ1) is 8.79. The van der Waals surface area contributed by atoms with Crippen molar-refractivity contribution in [3.05, 3.63) is 47.9 Å². The Morgan fingerprint density at radius 1 is 1.28 bits per heavy atom. The van der Waals surface area contributed by atoms with Gasteiger partial charge in [-0.05, 0) is 13.0 Å². The average molecular weight is 257 g/mol. The molecule has 3 nitrogen and oxygen atoms in total. The molecule has 1 aromatic carbocycles. The molecule has 0 saturated carbocycles. The SMILES string of the molecule is CCn1c(-c2cc(Cl)ncn2)[c]c2ccccc21. The molecule has 0 aliphatic heterocycles. The second kappa shape index (κ2) is 4.42. The Hall–Kier alpha value is -1.87. The summed E-state index contributed by atoms with van der Waals surface area (Å²) in [6.45, 7) is 2.97. The lowest BCUT2D eigenvalue weighted by Crippen LogP contribution is -1.98. The van der Waals surface area contributed by atoms with Gasteiger partial charge in [0.15, 0.2) is 0 Å². The van der Waals surface area contributed by atoms with E-state index in [0.717, 1.165) is 28.8 Å². The number of aryl methyl sites for hydroxylation is 1. The predicted molar refractivity (Wildman–Crippen MR) is 72.5 cm³/mol. The van der Waals surface area contributed by atoms with Crippen LogP contribution in [0.2, 0.25) is 5.15 Å². The predicted octanol–water partition coefficient (Wildman–Crippen LogP) is 3.57. The molecule has 0 aliphatic carbocycles. The van der Waals surface area contributed by atoms with E-state index in [-0.39, 0.29) is 0 Å². The van der Waals surface area contributed by atoms with Crippen LogP contribution in [-0.4, -0.2) is 14.5 Å². The number of aromatic nitrogens is 3. The quantitative estimate of drug-likeness (QED) is 0.656. The van der Waals surface area contributed by atoms with Crippen LogP contribution in [0.4, 0.5) is 0 Å². The minimum atomic E-state index is 0.446. The van der Waals surface area contributed by atoms with Crippen LogP contribution < -0.4 is 0 Å². The van der Waals surface area contributed by atoms with E-state index in [1.807, 2.05) is 18.2 Å². The number of rotatable bonds is 2. The summed E-state index contributed by atoms with van der Waals surface area (Å²) in [6, 6.07) is 13.3. The van der Waals surface area contributed by atoms with Gasteiger partial charge in [-0.2, -0.15) is 0 Å². The van der Waals surface area contributed by atoms with Gasteiger partial charge in [-0.15, -0.1) is 0 Å². The minimum Gasteiger partial charge on any atom is -0.339 e. The fourth-order valence-electron chi connectivity index (χ4n) is 2.12. The summed E-state index contributed by atoms with van der Waals surface area (Å²) in [5.74, 6) is 0. The minimum absolute atomic E-state index is 0.446. The van der Waals surface area contributed by atoms with Crippen LogP contribution in [0.25, 0.3) is 22.3 Å². The lowest BCUT2D eigenvalue weighted by Gasteiger charge is -2.06. The molecular weight excluding hydrogens is 246 g/mol. The van der Waals surface area contributed by atoms with Gasteiger partial charge in [-0.1, -0.05) is 29.8 Å². The van der Waals surface area contributed by atoms with Crippen molar-refractivity contribution in [2.45, 2.75) is 13.5 Å². The van der Waals surface area contributed by atoms with Crippen molar-refractivity contribution in [3.63, 3.8) is 0 Å². The Balaban J connectivity index is 2.28. The number of para-hydroxylation sites is 1. The molecular formula is C14H11ClN3. The summed E-state index contributed by atoms with van der Waals surface area (Å²) in [7, 11) is 0. The van der Waals surface area contributed by atoms with E-state index in [9.17, 15) is 0 Å². The molecule has 2 heterocycles. The topological polar surface area (TPSA) is 30.7 Å². The fraction of sp³-hybridized carbons (Fsp3) is 0.143. The van der Waals surface area contributed by atoms with Crippen LogP contribution in [0.5, 0.6) is 0 Å². The largest absolute Gasteiger partial charge is 0.339 e. The highest BCUT2D eigenvalue weighted by Gasteiger charge is 2.11. The third kappa shape index (κ3) is 1.77. The Bertz CT molecular complexity index is 703. The van der Waals surface area contributed by atoms with E-state index >= 15 is 0 Å². The summed E-state index contributed by atoms with van der Waals surface area (Å²) >= 11 is 5.91. The van der Waals surface area contributed by atoms with E-state index in [4.69, 9.17) is 11.6 Å². The van der Waals surface area contributed by atoms with Gasteiger partial charge >= 0.3 is 0 Å². The van der Waals surface area contributed by atoms with Crippen molar-refractivity contribution in [3.8, 4) is 11.4 Å². The molecule has 4 heteroatoms. The molecule has 18 heavy (non-hydrogen) atoms. The van der Waals surface area contributed by atoms with Gasteiger partial charge in [0.25, 0.3) is 0 Å². The molecule has 0 atom stereocenters. The van der Waals surface area contributed by atoms with Crippen molar-refractivity contribution in [2.24, 2.45) is 0 Å². The Labute approximate surface area is 110 Å². The molecule has 89 valence electrons. The summed E-state index contributed by atoms with van der Waals surface area (Å²) in [5.41, 5.74) is 2.90. The Morgan fingerprint density at radius 3 is 2.89 bits per heavy atom. The van der Waals surface area contributed by atoms with Crippen molar-refractivity contribution in [1.29, 1.82) is 0 Å². The van der Waals surface area contributed by atoms with Crippen LogP contribution >= 0.6 is 11.6 Å². The van der Waals surface area contributed by atoms with Gasteiger partial charge in [0.05, 0.1) is 11.4 Å². The second-order valence-corrected chi connectivity index (χ2v) is 4.35. The first kappa shape index (κ1) is 11.2. The van der Waals surface area contributed by atoms with Crippen molar-refractivity contribution >= 4 is 22.5 Å². The molecule has 0 amide bonds. The maximum absolute atomic E-state index is 5.91. The number of nitrogens with zero attached hydrogens (tertiary/aromatic N) is 3. The highest BCUT2D eigenvalue weighted by atomic mass is 35.5. The first-order valence-electron chi connectivity index (χ1n) is 5.78. The average Bonchev–Trinajstić information content (AvgIpc) is 2.77. The van der Waals surface area contributed by atoms with Crippen LogP contribution in [0.1, 0.15) is 6.92 Å². The van der Waals surface area contributed by atoms with Gasteiger partial charge in [-0.25, -0.2) is 9.97 Å². The molecule has 0 fully saturated rings. The van der Waals surface area contributed by atoms with Gasteiger partial charge in [-0.3, -0.25) is 0 Å². The molecule has 0 unspecified atom stereocenters. The van der Waals surface area contributed by atoms with E-state index in [1.54, 1.807) is 6.07 Å². The summed E-state index contributed by atoms with van der Waals surface area (Å²) < 4.78 is 2.17. The van der Waals surface area contributed by atoms with Gasteiger partial charge in [0.2, 0.25) is 0 Å².